The summed E-state index contributed by atoms with van der Waals surface area (Å²) in [5, 5.41) is 0.320. The van der Waals surface area contributed by atoms with E-state index in [9.17, 15) is 14.4 Å². The minimum atomic E-state index is -0.429. The van der Waals surface area contributed by atoms with Crippen LogP contribution in [0.3, 0.4) is 0 Å². The van der Waals surface area contributed by atoms with Crippen LogP contribution in [0.1, 0.15) is 41.9 Å². The summed E-state index contributed by atoms with van der Waals surface area (Å²) >= 11 is 0. The Morgan fingerprint density at radius 3 is 2.21 bits per heavy atom. The fraction of sp³-hybridized carbons (Fsp3) is 0.364. The number of aryl methyl sites for hydroxylation is 2. The zero-order valence-electron chi connectivity index (χ0n) is 16.8. The van der Waals surface area contributed by atoms with Crippen molar-refractivity contribution in [3.8, 4) is 11.1 Å². The van der Waals surface area contributed by atoms with Gasteiger partial charge in [0.05, 0.1) is 11.1 Å². The maximum Gasteiger partial charge on any atom is 0.332 e. The highest BCUT2D eigenvalue weighted by molar-refractivity contribution is 6.10. The maximum absolute atomic E-state index is 13.1. The molecule has 0 radical (unpaired) electrons. The fourth-order valence-electron chi connectivity index (χ4n) is 4.11. The van der Waals surface area contributed by atoms with Crippen molar-refractivity contribution in [3.05, 3.63) is 61.9 Å². The Morgan fingerprint density at radius 2 is 1.57 bits per heavy atom. The van der Waals surface area contributed by atoms with Crippen molar-refractivity contribution in [2.24, 2.45) is 19.5 Å². The van der Waals surface area contributed by atoms with Gasteiger partial charge in [0.2, 0.25) is 0 Å². The molecule has 0 spiro atoms. The Hall–Kier alpha value is -3.02. The summed E-state index contributed by atoms with van der Waals surface area (Å²) < 4.78 is 2.46. The van der Waals surface area contributed by atoms with Gasteiger partial charge in [-0.1, -0.05) is 43.7 Å². The van der Waals surface area contributed by atoms with Gasteiger partial charge in [0.25, 0.3) is 5.56 Å². The van der Waals surface area contributed by atoms with Crippen molar-refractivity contribution in [1.82, 2.24) is 14.1 Å². The van der Waals surface area contributed by atoms with Gasteiger partial charge in [-0.2, -0.15) is 0 Å². The van der Waals surface area contributed by atoms with Gasteiger partial charge < -0.3 is 0 Å². The number of carbonyl (C=O) groups excluding carboxylic acids is 1. The minimum Gasteiger partial charge on any atom is -0.294 e. The molecule has 0 unspecified atom stereocenters. The molecule has 1 aromatic carbocycles. The number of fused-ring (bicyclic) bond motifs is 2. The molecule has 0 fully saturated rings. The molecule has 4 rings (SSSR count). The van der Waals surface area contributed by atoms with Crippen LogP contribution < -0.4 is 11.2 Å². The third-order valence-electron chi connectivity index (χ3n) is 5.57. The lowest BCUT2D eigenvalue weighted by molar-refractivity contribution is 0.0911. The van der Waals surface area contributed by atoms with Gasteiger partial charge in [0, 0.05) is 31.6 Å². The van der Waals surface area contributed by atoms with Crippen LogP contribution in [0.25, 0.3) is 22.2 Å². The van der Waals surface area contributed by atoms with Gasteiger partial charge in [-0.25, -0.2) is 9.78 Å². The van der Waals surface area contributed by atoms with Crippen LogP contribution in [0.5, 0.6) is 0 Å². The first kappa shape index (κ1) is 18.3. The van der Waals surface area contributed by atoms with Crippen LogP contribution in [0.15, 0.2) is 33.9 Å². The SMILES string of the molecule is Cc1ccc(-c2c3c(nc4c2c(=O)n(C)c(=O)n4C)CC(C)(C)CC3=O)cc1. The van der Waals surface area contributed by atoms with Crippen LogP contribution in [0.4, 0.5) is 0 Å². The van der Waals surface area contributed by atoms with E-state index in [4.69, 9.17) is 0 Å². The van der Waals surface area contributed by atoms with E-state index >= 15 is 0 Å². The molecule has 0 aliphatic heterocycles. The van der Waals surface area contributed by atoms with Crippen molar-refractivity contribution < 1.29 is 4.79 Å². The number of pyridine rings is 1. The quantitative estimate of drug-likeness (QED) is 0.654. The Balaban J connectivity index is 2.26. The standard InChI is InChI=1S/C22H23N3O3/c1-12-6-8-13(9-7-12)16-17-14(10-22(2,3)11-15(17)26)23-19-18(16)20(27)25(5)21(28)24(19)4/h6-9H,10-11H2,1-5H3. The lowest BCUT2D eigenvalue weighted by atomic mass is 9.73. The first-order valence-electron chi connectivity index (χ1n) is 9.33. The van der Waals surface area contributed by atoms with E-state index in [0.717, 1.165) is 15.7 Å². The van der Waals surface area contributed by atoms with Crippen molar-refractivity contribution in [2.75, 3.05) is 0 Å². The third-order valence-corrected chi connectivity index (χ3v) is 5.57. The van der Waals surface area contributed by atoms with E-state index in [0.29, 0.717) is 40.7 Å². The van der Waals surface area contributed by atoms with Crippen molar-refractivity contribution in [1.29, 1.82) is 0 Å². The summed E-state index contributed by atoms with van der Waals surface area (Å²) in [5.41, 5.74) is 2.90. The molecule has 6 heteroatoms. The van der Waals surface area contributed by atoms with Gasteiger partial charge in [0.15, 0.2) is 5.78 Å². The molecule has 1 aliphatic carbocycles. The number of ketones is 1. The van der Waals surface area contributed by atoms with Gasteiger partial charge in [-0.3, -0.25) is 18.7 Å². The van der Waals surface area contributed by atoms with E-state index in [1.165, 1.54) is 11.6 Å². The van der Waals surface area contributed by atoms with E-state index in [-0.39, 0.29) is 11.2 Å². The molecule has 6 nitrogen and oxygen atoms in total. The molecule has 0 atom stereocenters. The second-order valence-electron chi connectivity index (χ2n) is 8.52. The number of hydrogen-bond donors (Lipinski definition) is 0. The number of hydrogen-bond acceptors (Lipinski definition) is 4. The molecule has 0 N–H and O–H groups in total. The monoisotopic (exact) mass is 377 g/mol. The second-order valence-corrected chi connectivity index (χ2v) is 8.52. The summed E-state index contributed by atoms with van der Waals surface area (Å²) in [6.07, 6.45) is 1.02. The highest BCUT2D eigenvalue weighted by atomic mass is 16.2. The molecule has 3 aromatic rings. The number of nitrogens with zero attached hydrogens (tertiary/aromatic N) is 3. The molecule has 0 saturated carbocycles. The smallest absolute Gasteiger partial charge is 0.294 e. The zero-order valence-corrected chi connectivity index (χ0v) is 16.8. The molecular formula is C22H23N3O3. The molecular weight excluding hydrogens is 354 g/mol. The number of Topliss-reactive ketones (excluding diaryl/α,β-unsaturated/α-hetero) is 1. The molecule has 0 bridgehead atoms. The topological polar surface area (TPSA) is 74.0 Å². The number of carbonyl (C=O) groups is 1. The first-order valence-corrected chi connectivity index (χ1v) is 9.33. The molecule has 0 saturated heterocycles. The second kappa shape index (κ2) is 5.99. The largest absolute Gasteiger partial charge is 0.332 e. The Bertz CT molecular complexity index is 1260. The average molecular weight is 377 g/mol. The Morgan fingerprint density at radius 1 is 0.929 bits per heavy atom. The van der Waals surface area contributed by atoms with Crippen molar-refractivity contribution in [2.45, 2.75) is 33.6 Å². The van der Waals surface area contributed by atoms with Crippen LogP contribution in [-0.2, 0) is 20.5 Å². The van der Waals surface area contributed by atoms with Gasteiger partial charge >= 0.3 is 5.69 Å². The van der Waals surface area contributed by atoms with E-state index < -0.39 is 11.2 Å². The van der Waals surface area contributed by atoms with E-state index in [1.54, 1.807) is 7.05 Å². The fourth-order valence-corrected chi connectivity index (χ4v) is 4.11. The predicted octanol–water partition coefficient (Wildman–Crippen LogP) is 2.76. The van der Waals surface area contributed by atoms with Crippen LogP contribution in [-0.4, -0.2) is 19.9 Å². The number of rotatable bonds is 1. The number of benzene rings is 1. The van der Waals surface area contributed by atoms with Crippen LogP contribution in [0.2, 0.25) is 0 Å². The maximum atomic E-state index is 13.1. The molecule has 2 heterocycles. The van der Waals surface area contributed by atoms with E-state index in [2.05, 4.69) is 4.98 Å². The summed E-state index contributed by atoms with van der Waals surface area (Å²) in [7, 11) is 3.06. The van der Waals surface area contributed by atoms with E-state index in [1.807, 2.05) is 45.0 Å². The number of aromatic nitrogens is 3. The lowest BCUT2D eigenvalue weighted by Gasteiger charge is -2.31. The van der Waals surface area contributed by atoms with Gasteiger partial charge in [-0.05, 0) is 24.3 Å². The predicted molar refractivity (Wildman–Crippen MR) is 109 cm³/mol. The van der Waals surface area contributed by atoms with Crippen molar-refractivity contribution >= 4 is 16.8 Å². The van der Waals surface area contributed by atoms with Crippen LogP contribution in [0, 0.1) is 12.3 Å². The Kier molecular flexibility index (Phi) is 3.93. The normalized spacial score (nSPS) is 15.7. The molecule has 0 amide bonds. The van der Waals surface area contributed by atoms with Gasteiger partial charge in [-0.15, -0.1) is 0 Å². The Labute approximate surface area is 162 Å². The summed E-state index contributed by atoms with van der Waals surface area (Å²) in [6.45, 7) is 6.06. The first-order chi connectivity index (χ1) is 13.1. The molecule has 1 aliphatic rings. The highest BCUT2D eigenvalue weighted by Crippen LogP contribution is 2.40. The third kappa shape index (κ3) is 2.63. The van der Waals surface area contributed by atoms with Crippen molar-refractivity contribution in [3.63, 3.8) is 0 Å². The average Bonchev–Trinajstić information content (AvgIpc) is 2.63. The zero-order chi connectivity index (χ0) is 20.4. The van der Waals surface area contributed by atoms with Gasteiger partial charge in [0.1, 0.15) is 5.65 Å². The molecule has 2 aromatic heterocycles. The molecule has 144 valence electrons. The summed E-state index contributed by atoms with van der Waals surface area (Å²) in [5.74, 6) is -0.00729. The summed E-state index contributed by atoms with van der Waals surface area (Å²) in [6, 6.07) is 7.75. The lowest BCUT2D eigenvalue weighted by Crippen LogP contribution is -2.38. The highest BCUT2D eigenvalue weighted by Gasteiger charge is 2.36. The molecule has 28 heavy (non-hydrogen) atoms. The minimum absolute atomic E-state index is 0.00729. The summed E-state index contributed by atoms with van der Waals surface area (Å²) in [4.78, 5) is 43.3. The van der Waals surface area contributed by atoms with Crippen LogP contribution >= 0.6 is 0 Å².